The molecule has 27 heavy (non-hydrogen) atoms. The molecule has 2 aromatic rings. The van der Waals surface area contributed by atoms with Gasteiger partial charge in [0.2, 0.25) is 11.8 Å². The largest absolute Gasteiger partial charge is 0.338 e. The van der Waals surface area contributed by atoms with E-state index in [0.29, 0.717) is 32.0 Å². The van der Waals surface area contributed by atoms with Gasteiger partial charge in [-0.05, 0) is 48.8 Å². The molecule has 0 saturated heterocycles. The van der Waals surface area contributed by atoms with Gasteiger partial charge in [-0.2, -0.15) is 0 Å². The molecule has 1 saturated carbocycles. The number of amides is 2. The highest BCUT2D eigenvalue weighted by Gasteiger charge is 2.32. The van der Waals surface area contributed by atoms with Crippen molar-refractivity contribution in [3.05, 3.63) is 57.3 Å². The van der Waals surface area contributed by atoms with E-state index in [4.69, 9.17) is 0 Å². The lowest BCUT2D eigenvalue weighted by Crippen LogP contribution is -2.37. The van der Waals surface area contributed by atoms with E-state index in [1.54, 1.807) is 11.3 Å². The Morgan fingerprint density at radius 1 is 1.15 bits per heavy atom. The first-order chi connectivity index (χ1) is 13.1. The number of hydrogen-bond donors (Lipinski definition) is 0. The Kier molecular flexibility index (Phi) is 5.30. The van der Waals surface area contributed by atoms with Crippen LogP contribution in [0.2, 0.25) is 0 Å². The molecule has 0 N–H and O–H groups in total. The summed E-state index contributed by atoms with van der Waals surface area (Å²) in [6.07, 6.45) is 3.73. The van der Waals surface area contributed by atoms with Crippen LogP contribution in [0, 0.1) is 6.92 Å². The van der Waals surface area contributed by atoms with E-state index < -0.39 is 0 Å². The van der Waals surface area contributed by atoms with E-state index in [2.05, 4.69) is 42.6 Å². The molecule has 1 aliphatic carbocycles. The van der Waals surface area contributed by atoms with Crippen molar-refractivity contribution >= 4 is 23.2 Å². The smallest absolute Gasteiger partial charge is 0.223 e. The molecule has 1 aromatic carbocycles. The summed E-state index contributed by atoms with van der Waals surface area (Å²) in [7, 11) is 0. The number of carbonyl (C=O) groups excluding carboxylic acids is 2. The molecular formula is C22H26N2O2S. The third kappa shape index (κ3) is 4.41. The molecule has 4 nitrogen and oxygen atoms in total. The third-order valence-corrected chi connectivity index (χ3v) is 6.52. The summed E-state index contributed by atoms with van der Waals surface area (Å²) in [5.74, 6) is 0.214. The van der Waals surface area contributed by atoms with E-state index in [1.165, 1.54) is 16.0 Å². The zero-order valence-electron chi connectivity index (χ0n) is 15.8. The molecule has 0 radical (unpaired) electrons. The van der Waals surface area contributed by atoms with Gasteiger partial charge in [-0.15, -0.1) is 11.3 Å². The van der Waals surface area contributed by atoms with Crippen LogP contribution in [0.3, 0.4) is 0 Å². The lowest BCUT2D eigenvalue weighted by Gasteiger charge is -2.28. The van der Waals surface area contributed by atoms with Crippen molar-refractivity contribution < 1.29 is 9.59 Å². The number of rotatable bonds is 6. The van der Waals surface area contributed by atoms with Gasteiger partial charge in [0, 0.05) is 43.4 Å². The first-order valence-corrected chi connectivity index (χ1v) is 10.7. The predicted molar refractivity (Wildman–Crippen MR) is 107 cm³/mol. The maximum absolute atomic E-state index is 12.8. The molecule has 0 spiro atoms. The third-order valence-electron chi connectivity index (χ3n) is 5.49. The minimum absolute atomic E-state index is 0.103. The van der Waals surface area contributed by atoms with Gasteiger partial charge < -0.3 is 9.80 Å². The van der Waals surface area contributed by atoms with Crippen molar-refractivity contribution in [1.29, 1.82) is 0 Å². The predicted octanol–water partition coefficient (Wildman–Crippen LogP) is 3.91. The van der Waals surface area contributed by atoms with Crippen molar-refractivity contribution in [2.75, 3.05) is 6.54 Å². The standard InChI is InChI=1S/C22H26N2O2S/c1-16-2-4-17(5-3-16)14-24(19-6-7-19)22(26)9-8-21(25)23-12-10-20-18(15-23)11-13-27-20/h2-5,11,13,19H,6-10,12,14-15H2,1H3. The Bertz CT molecular complexity index is 823. The maximum Gasteiger partial charge on any atom is 0.223 e. The minimum Gasteiger partial charge on any atom is -0.338 e. The molecule has 1 fully saturated rings. The highest BCUT2D eigenvalue weighted by Crippen LogP contribution is 2.29. The molecule has 142 valence electrons. The summed E-state index contributed by atoms with van der Waals surface area (Å²) in [6, 6.07) is 10.8. The summed E-state index contributed by atoms with van der Waals surface area (Å²) >= 11 is 1.77. The molecule has 5 heteroatoms. The van der Waals surface area contributed by atoms with E-state index in [0.717, 1.165) is 31.4 Å². The zero-order valence-corrected chi connectivity index (χ0v) is 16.6. The van der Waals surface area contributed by atoms with Crippen molar-refractivity contribution in [2.24, 2.45) is 0 Å². The number of carbonyl (C=O) groups is 2. The fourth-order valence-electron chi connectivity index (χ4n) is 3.67. The van der Waals surface area contributed by atoms with Crippen molar-refractivity contribution in [3.63, 3.8) is 0 Å². The van der Waals surface area contributed by atoms with E-state index in [1.807, 2.05) is 9.80 Å². The monoisotopic (exact) mass is 382 g/mol. The molecule has 1 aliphatic heterocycles. The summed E-state index contributed by atoms with van der Waals surface area (Å²) in [6.45, 7) is 4.19. The van der Waals surface area contributed by atoms with Crippen LogP contribution in [-0.2, 0) is 29.1 Å². The van der Waals surface area contributed by atoms with Crippen LogP contribution >= 0.6 is 11.3 Å². The molecule has 2 aliphatic rings. The van der Waals surface area contributed by atoms with Crippen LogP contribution < -0.4 is 0 Å². The number of aryl methyl sites for hydroxylation is 1. The van der Waals surface area contributed by atoms with Gasteiger partial charge in [0.1, 0.15) is 0 Å². The SMILES string of the molecule is Cc1ccc(CN(C(=O)CCC(=O)N2CCc3sccc3C2)C2CC2)cc1. The summed E-state index contributed by atoms with van der Waals surface area (Å²) < 4.78 is 0. The average Bonchev–Trinajstić information content (AvgIpc) is 3.41. The average molecular weight is 383 g/mol. The first-order valence-electron chi connectivity index (χ1n) is 9.78. The summed E-state index contributed by atoms with van der Waals surface area (Å²) in [5.41, 5.74) is 3.65. The van der Waals surface area contributed by atoms with E-state index in [-0.39, 0.29) is 11.8 Å². The molecule has 0 bridgehead atoms. The second-order valence-electron chi connectivity index (χ2n) is 7.67. The fourth-order valence-corrected chi connectivity index (χ4v) is 4.56. The van der Waals surface area contributed by atoms with Crippen LogP contribution in [0.1, 0.15) is 47.3 Å². The Hall–Kier alpha value is -2.14. The number of thiophene rings is 1. The number of nitrogens with zero attached hydrogens (tertiary/aromatic N) is 2. The van der Waals surface area contributed by atoms with Crippen LogP contribution in [0.15, 0.2) is 35.7 Å². The summed E-state index contributed by atoms with van der Waals surface area (Å²) in [5, 5.41) is 2.10. The topological polar surface area (TPSA) is 40.6 Å². The normalized spacial score (nSPS) is 16.1. The van der Waals surface area contributed by atoms with Gasteiger partial charge in [-0.25, -0.2) is 0 Å². The van der Waals surface area contributed by atoms with E-state index >= 15 is 0 Å². The number of benzene rings is 1. The van der Waals surface area contributed by atoms with Crippen LogP contribution in [-0.4, -0.2) is 34.2 Å². The van der Waals surface area contributed by atoms with E-state index in [9.17, 15) is 9.59 Å². The van der Waals surface area contributed by atoms with Gasteiger partial charge in [-0.1, -0.05) is 29.8 Å². The molecule has 2 heterocycles. The van der Waals surface area contributed by atoms with Crippen LogP contribution in [0.4, 0.5) is 0 Å². The maximum atomic E-state index is 12.8. The van der Waals surface area contributed by atoms with Crippen LogP contribution in [0.25, 0.3) is 0 Å². The van der Waals surface area contributed by atoms with Gasteiger partial charge >= 0.3 is 0 Å². The molecule has 2 amide bonds. The van der Waals surface area contributed by atoms with Crippen molar-refractivity contribution in [2.45, 2.75) is 58.2 Å². The number of hydrogen-bond acceptors (Lipinski definition) is 3. The molecular weight excluding hydrogens is 356 g/mol. The second-order valence-corrected chi connectivity index (χ2v) is 8.67. The fraction of sp³-hybridized carbons (Fsp3) is 0.455. The Morgan fingerprint density at radius 3 is 2.67 bits per heavy atom. The minimum atomic E-state index is 0.103. The zero-order chi connectivity index (χ0) is 18.8. The second kappa shape index (κ2) is 7.85. The quantitative estimate of drug-likeness (QED) is 0.760. The Morgan fingerprint density at radius 2 is 1.93 bits per heavy atom. The molecule has 0 atom stereocenters. The highest BCUT2D eigenvalue weighted by atomic mass is 32.1. The molecule has 1 aromatic heterocycles. The highest BCUT2D eigenvalue weighted by molar-refractivity contribution is 7.10. The molecule has 0 unspecified atom stereocenters. The van der Waals surface area contributed by atoms with Gasteiger partial charge in [0.15, 0.2) is 0 Å². The van der Waals surface area contributed by atoms with Gasteiger partial charge in [0.25, 0.3) is 0 Å². The lowest BCUT2D eigenvalue weighted by atomic mass is 10.1. The van der Waals surface area contributed by atoms with Crippen molar-refractivity contribution in [3.8, 4) is 0 Å². The van der Waals surface area contributed by atoms with Gasteiger partial charge in [-0.3, -0.25) is 9.59 Å². The Balaban J connectivity index is 1.32. The van der Waals surface area contributed by atoms with Gasteiger partial charge in [0.05, 0.1) is 0 Å². The molecule has 4 rings (SSSR count). The van der Waals surface area contributed by atoms with Crippen LogP contribution in [0.5, 0.6) is 0 Å². The first kappa shape index (κ1) is 18.2. The number of fused-ring (bicyclic) bond motifs is 1. The van der Waals surface area contributed by atoms with Crippen molar-refractivity contribution in [1.82, 2.24) is 9.80 Å². The summed E-state index contributed by atoms with van der Waals surface area (Å²) in [4.78, 5) is 30.7. The lowest BCUT2D eigenvalue weighted by molar-refractivity contribution is -0.138. The Labute approximate surface area is 164 Å².